The number of rotatable bonds is 5. The van der Waals surface area contributed by atoms with Gasteiger partial charge in [-0.15, -0.1) is 11.8 Å². The van der Waals surface area contributed by atoms with E-state index in [9.17, 15) is 4.39 Å². The normalized spacial score (nSPS) is 12.3. The minimum Gasteiger partial charge on any atom is -0.324 e. The lowest BCUT2D eigenvalue weighted by Gasteiger charge is -2.11. The lowest BCUT2D eigenvalue weighted by Crippen LogP contribution is -2.11. The average molecular weight is 261 g/mol. The molecule has 1 nitrogen and oxygen atoms in total. The first kappa shape index (κ1) is 13.1. The molecule has 0 spiro atoms. The number of benzene rings is 2. The van der Waals surface area contributed by atoms with Gasteiger partial charge in [-0.1, -0.05) is 30.3 Å². The fourth-order valence-electron chi connectivity index (χ4n) is 1.70. The van der Waals surface area contributed by atoms with Gasteiger partial charge >= 0.3 is 0 Å². The molecule has 2 aromatic carbocycles. The van der Waals surface area contributed by atoms with E-state index in [-0.39, 0.29) is 11.9 Å². The molecule has 0 aromatic heterocycles. The van der Waals surface area contributed by atoms with Crippen LogP contribution in [0.4, 0.5) is 4.39 Å². The first-order chi connectivity index (χ1) is 8.75. The maximum absolute atomic E-state index is 12.8. The van der Waals surface area contributed by atoms with E-state index in [0.29, 0.717) is 0 Å². The van der Waals surface area contributed by atoms with Gasteiger partial charge in [0.25, 0.3) is 0 Å². The van der Waals surface area contributed by atoms with Gasteiger partial charge in [-0.25, -0.2) is 4.39 Å². The van der Waals surface area contributed by atoms with Crippen molar-refractivity contribution in [1.29, 1.82) is 0 Å². The van der Waals surface area contributed by atoms with Crippen LogP contribution in [0.5, 0.6) is 0 Å². The minimum absolute atomic E-state index is 0.0261. The van der Waals surface area contributed by atoms with Crippen LogP contribution in [0, 0.1) is 5.82 Å². The molecule has 0 aliphatic heterocycles. The van der Waals surface area contributed by atoms with Crippen LogP contribution in [-0.2, 0) is 0 Å². The topological polar surface area (TPSA) is 26.0 Å². The number of hydrogen-bond acceptors (Lipinski definition) is 2. The highest BCUT2D eigenvalue weighted by molar-refractivity contribution is 7.99. The Hall–Kier alpha value is -1.32. The van der Waals surface area contributed by atoms with Gasteiger partial charge in [0.2, 0.25) is 0 Å². The summed E-state index contributed by atoms with van der Waals surface area (Å²) in [6, 6.07) is 16.7. The van der Waals surface area contributed by atoms with Crippen LogP contribution >= 0.6 is 11.8 Å². The molecule has 2 rings (SSSR count). The number of thioether (sulfide) groups is 1. The Balaban J connectivity index is 1.81. The lowest BCUT2D eigenvalue weighted by atomic mass is 10.1. The smallest absolute Gasteiger partial charge is 0.123 e. The summed E-state index contributed by atoms with van der Waals surface area (Å²) in [4.78, 5) is 1.25. The summed E-state index contributed by atoms with van der Waals surface area (Å²) in [6.07, 6.45) is 0.880. The molecule has 0 aliphatic carbocycles. The molecule has 0 heterocycles. The van der Waals surface area contributed by atoms with Crippen molar-refractivity contribution >= 4 is 11.8 Å². The third-order valence-electron chi connectivity index (χ3n) is 2.74. The van der Waals surface area contributed by atoms with E-state index in [4.69, 9.17) is 5.73 Å². The molecule has 0 amide bonds. The summed E-state index contributed by atoms with van der Waals surface area (Å²) in [5.41, 5.74) is 7.06. The van der Waals surface area contributed by atoms with E-state index in [1.54, 1.807) is 23.9 Å². The molecular weight excluding hydrogens is 245 g/mol. The summed E-state index contributed by atoms with van der Waals surface area (Å²) < 4.78 is 12.8. The SMILES string of the molecule is NC(CCSc1ccccc1)c1ccc(F)cc1. The van der Waals surface area contributed by atoms with Gasteiger partial charge in [0.1, 0.15) is 5.82 Å². The molecule has 1 unspecified atom stereocenters. The largest absolute Gasteiger partial charge is 0.324 e. The van der Waals surface area contributed by atoms with E-state index in [1.165, 1.54) is 17.0 Å². The maximum Gasteiger partial charge on any atom is 0.123 e. The van der Waals surface area contributed by atoms with E-state index in [1.807, 2.05) is 18.2 Å². The highest BCUT2D eigenvalue weighted by atomic mass is 32.2. The third kappa shape index (κ3) is 3.86. The van der Waals surface area contributed by atoms with Crippen molar-refractivity contribution in [1.82, 2.24) is 0 Å². The Morgan fingerprint density at radius 2 is 1.67 bits per heavy atom. The Bertz CT molecular complexity index is 470. The zero-order valence-corrected chi connectivity index (χ0v) is 10.9. The summed E-state index contributed by atoms with van der Waals surface area (Å²) in [5, 5.41) is 0. The average Bonchev–Trinajstić information content (AvgIpc) is 2.40. The molecule has 0 aliphatic rings. The number of halogens is 1. The molecule has 0 fully saturated rings. The van der Waals surface area contributed by atoms with E-state index >= 15 is 0 Å². The third-order valence-corrected chi connectivity index (χ3v) is 3.78. The first-order valence-corrected chi connectivity index (χ1v) is 6.93. The molecule has 0 saturated carbocycles. The monoisotopic (exact) mass is 261 g/mol. The van der Waals surface area contributed by atoms with E-state index in [0.717, 1.165) is 17.7 Å². The highest BCUT2D eigenvalue weighted by Gasteiger charge is 2.06. The maximum atomic E-state index is 12.8. The predicted molar refractivity (Wildman–Crippen MR) is 75.1 cm³/mol. The van der Waals surface area contributed by atoms with Gasteiger partial charge in [0, 0.05) is 10.9 Å². The summed E-state index contributed by atoms with van der Waals surface area (Å²) in [7, 11) is 0. The lowest BCUT2D eigenvalue weighted by molar-refractivity contribution is 0.624. The Morgan fingerprint density at radius 3 is 2.33 bits per heavy atom. The molecule has 3 heteroatoms. The van der Waals surface area contributed by atoms with Crippen LogP contribution in [0.3, 0.4) is 0 Å². The van der Waals surface area contributed by atoms with Crippen molar-refractivity contribution < 1.29 is 4.39 Å². The van der Waals surface area contributed by atoms with Gasteiger partial charge in [-0.3, -0.25) is 0 Å². The van der Waals surface area contributed by atoms with Crippen LogP contribution < -0.4 is 5.73 Å². The summed E-state index contributed by atoms with van der Waals surface area (Å²) >= 11 is 1.79. The molecule has 18 heavy (non-hydrogen) atoms. The zero-order valence-electron chi connectivity index (χ0n) is 10.1. The van der Waals surface area contributed by atoms with Crippen molar-refractivity contribution in [3.8, 4) is 0 Å². The second kappa shape index (κ2) is 6.57. The summed E-state index contributed by atoms with van der Waals surface area (Å²) in [6.45, 7) is 0. The molecule has 94 valence electrons. The summed E-state index contributed by atoms with van der Waals surface area (Å²) in [5.74, 6) is 0.743. The standard InChI is InChI=1S/C15H16FNS/c16-13-8-6-12(7-9-13)15(17)10-11-18-14-4-2-1-3-5-14/h1-9,15H,10-11,17H2. The van der Waals surface area contributed by atoms with Gasteiger partial charge in [0.15, 0.2) is 0 Å². The van der Waals surface area contributed by atoms with Crippen molar-refractivity contribution in [2.75, 3.05) is 5.75 Å². The van der Waals surface area contributed by atoms with Crippen LogP contribution in [0.15, 0.2) is 59.5 Å². The quantitative estimate of drug-likeness (QED) is 0.823. The predicted octanol–water partition coefficient (Wildman–Crippen LogP) is 4.01. The van der Waals surface area contributed by atoms with Crippen molar-refractivity contribution in [3.63, 3.8) is 0 Å². The molecule has 2 N–H and O–H groups in total. The zero-order chi connectivity index (χ0) is 12.8. The highest BCUT2D eigenvalue weighted by Crippen LogP contribution is 2.22. The second-order valence-corrected chi connectivity index (χ2v) is 5.28. The van der Waals surface area contributed by atoms with E-state index < -0.39 is 0 Å². The second-order valence-electron chi connectivity index (χ2n) is 4.11. The fraction of sp³-hybridized carbons (Fsp3) is 0.200. The number of nitrogens with two attached hydrogens (primary N) is 1. The van der Waals surface area contributed by atoms with Crippen LogP contribution in [0.1, 0.15) is 18.0 Å². The van der Waals surface area contributed by atoms with Crippen LogP contribution in [0.2, 0.25) is 0 Å². The molecule has 1 atom stereocenters. The fourth-order valence-corrected chi connectivity index (χ4v) is 2.65. The molecule has 0 bridgehead atoms. The van der Waals surface area contributed by atoms with Crippen LogP contribution in [-0.4, -0.2) is 5.75 Å². The molecule has 0 radical (unpaired) electrons. The van der Waals surface area contributed by atoms with Crippen LogP contribution in [0.25, 0.3) is 0 Å². The van der Waals surface area contributed by atoms with Crippen molar-refractivity contribution in [2.45, 2.75) is 17.4 Å². The molecule has 0 saturated heterocycles. The first-order valence-electron chi connectivity index (χ1n) is 5.94. The van der Waals surface area contributed by atoms with Gasteiger partial charge in [-0.05, 0) is 42.0 Å². The number of hydrogen-bond donors (Lipinski definition) is 1. The molecule has 2 aromatic rings. The van der Waals surface area contributed by atoms with E-state index in [2.05, 4.69) is 12.1 Å². The van der Waals surface area contributed by atoms with Crippen molar-refractivity contribution in [2.24, 2.45) is 5.73 Å². The Kier molecular flexibility index (Phi) is 4.79. The Labute approximate surface area is 111 Å². The van der Waals surface area contributed by atoms with Gasteiger partial charge < -0.3 is 5.73 Å². The Morgan fingerprint density at radius 1 is 1.00 bits per heavy atom. The van der Waals surface area contributed by atoms with Gasteiger partial charge in [-0.2, -0.15) is 0 Å². The van der Waals surface area contributed by atoms with Crippen molar-refractivity contribution in [3.05, 3.63) is 66.0 Å². The van der Waals surface area contributed by atoms with Gasteiger partial charge in [0.05, 0.1) is 0 Å². The minimum atomic E-state index is -0.218. The molecular formula is C15H16FNS.